The molecule has 1 amide bonds. The molecule has 0 N–H and O–H groups in total. The van der Waals surface area contributed by atoms with Crippen molar-refractivity contribution in [2.75, 3.05) is 19.0 Å². The number of halogens is 1. The maximum atomic E-state index is 11.5. The van der Waals surface area contributed by atoms with Crippen LogP contribution in [0.1, 0.15) is 20.8 Å². The van der Waals surface area contributed by atoms with Gasteiger partial charge in [-0.15, -0.1) is 11.6 Å². The molecule has 0 aromatic rings. The van der Waals surface area contributed by atoms with E-state index >= 15 is 0 Å². The summed E-state index contributed by atoms with van der Waals surface area (Å²) in [5.74, 6) is 0.246. The molecule has 1 rings (SSSR count). The Morgan fingerprint density at radius 2 is 2.07 bits per heavy atom. The Morgan fingerprint density at radius 1 is 1.53 bits per heavy atom. The third kappa shape index (κ3) is 2.84. The standard InChI is InChI=1S/C10H16ClNO3/c1-9(2,3)15-8(14)12-5-10(4-11,6-12)7-13/h7H,4-6H2,1-3H3. The molecule has 0 aromatic carbocycles. The van der Waals surface area contributed by atoms with E-state index in [1.807, 2.05) is 0 Å². The van der Waals surface area contributed by atoms with Crippen molar-refractivity contribution in [1.29, 1.82) is 0 Å². The smallest absolute Gasteiger partial charge is 0.410 e. The summed E-state index contributed by atoms with van der Waals surface area (Å²) in [5.41, 5.74) is -1.06. The van der Waals surface area contributed by atoms with Crippen molar-refractivity contribution in [3.63, 3.8) is 0 Å². The molecule has 0 bridgehead atoms. The lowest BCUT2D eigenvalue weighted by molar-refractivity contribution is -0.123. The second-order valence-electron chi connectivity index (χ2n) is 4.95. The van der Waals surface area contributed by atoms with Crippen molar-refractivity contribution in [3.8, 4) is 0 Å². The summed E-state index contributed by atoms with van der Waals surface area (Å²) in [7, 11) is 0. The van der Waals surface area contributed by atoms with Gasteiger partial charge in [0.05, 0.1) is 5.41 Å². The highest BCUT2D eigenvalue weighted by Crippen LogP contribution is 2.30. The number of carbonyl (C=O) groups is 2. The lowest BCUT2D eigenvalue weighted by Crippen LogP contribution is -2.61. The Labute approximate surface area is 94.5 Å². The maximum absolute atomic E-state index is 11.5. The highest BCUT2D eigenvalue weighted by Gasteiger charge is 2.45. The summed E-state index contributed by atoms with van der Waals surface area (Å²) in [6.45, 7) is 6.13. The zero-order valence-corrected chi connectivity index (χ0v) is 10.0. The van der Waals surface area contributed by atoms with E-state index in [1.165, 1.54) is 4.90 Å². The van der Waals surface area contributed by atoms with E-state index in [0.717, 1.165) is 6.29 Å². The molecule has 4 nitrogen and oxygen atoms in total. The number of hydrogen-bond acceptors (Lipinski definition) is 3. The van der Waals surface area contributed by atoms with E-state index in [-0.39, 0.29) is 12.0 Å². The minimum Gasteiger partial charge on any atom is -0.444 e. The van der Waals surface area contributed by atoms with Crippen LogP contribution in [0.5, 0.6) is 0 Å². The van der Waals surface area contributed by atoms with E-state index in [9.17, 15) is 9.59 Å². The van der Waals surface area contributed by atoms with Crippen LogP contribution in [0.2, 0.25) is 0 Å². The van der Waals surface area contributed by atoms with Gasteiger partial charge in [0.2, 0.25) is 0 Å². The first-order chi connectivity index (χ1) is 6.82. The van der Waals surface area contributed by atoms with Crippen molar-refractivity contribution in [3.05, 3.63) is 0 Å². The number of amides is 1. The molecule has 1 aliphatic rings. The quantitative estimate of drug-likeness (QED) is 0.538. The van der Waals surface area contributed by atoms with Gasteiger partial charge >= 0.3 is 6.09 Å². The summed E-state index contributed by atoms with van der Waals surface area (Å²) in [4.78, 5) is 23.7. The average Bonchev–Trinajstić information content (AvgIpc) is 2.00. The topological polar surface area (TPSA) is 46.6 Å². The van der Waals surface area contributed by atoms with Gasteiger partial charge in [-0.2, -0.15) is 0 Å². The number of hydrogen-bond donors (Lipinski definition) is 0. The second kappa shape index (κ2) is 4.00. The number of carbonyl (C=O) groups excluding carboxylic acids is 2. The zero-order valence-electron chi connectivity index (χ0n) is 9.25. The van der Waals surface area contributed by atoms with Gasteiger partial charge in [-0.3, -0.25) is 0 Å². The molecule has 15 heavy (non-hydrogen) atoms. The summed E-state index contributed by atoms with van der Waals surface area (Å²) in [5, 5.41) is 0. The van der Waals surface area contributed by atoms with Crippen molar-refractivity contribution in [2.45, 2.75) is 26.4 Å². The fourth-order valence-electron chi connectivity index (χ4n) is 1.36. The first-order valence-electron chi connectivity index (χ1n) is 4.82. The minimum absolute atomic E-state index is 0.246. The van der Waals surface area contributed by atoms with Gasteiger partial charge in [0.15, 0.2) is 0 Å². The SMILES string of the molecule is CC(C)(C)OC(=O)N1CC(C=O)(CCl)C1. The summed E-state index contributed by atoms with van der Waals surface area (Å²) < 4.78 is 5.15. The molecule has 0 atom stereocenters. The minimum atomic E-state index is -0.557. The van der Waals surface area contributed by atoms with E-state index < -0.39 is 11.0 Å². The van der Waals surface area contributed by atoms with E-state index in [1.54, 1.807) is 20.8 Å². The number of nitrogens with zero attached hydrogens (tertiary/aromatic N) is 1. The molecule has 0 unspecified atom stereocenters. The molecule has 0 radical (unpaired) electrons. The first-order valence-corrected chi connectivity index (χ1v) is 5.36. The number of rotatable bonds is 2. The molecule has 0 saturated carbocycles. The lowest BCUT2D eigenvalue weighted by atomic mass is 9.84. The Bertz CT molecular complexity index is 266. The van der Waals surface area contributed by atoms with Crippen LogP contribution in [-0.2, 0) is 9.53 Å². The monoisotopic (exact) mass is 233 g/mol. The van der Waals surface area contributed by atoms with Crippen LogP contribution in [0.4, 0.5) is 4.79 Å². The lowest BCUT2D eigenvalue weighted by Gasteiger charge is -2.45. The van der Waals surface area contributed by atoms with Gasteiger partial charge in [-0.1, -0.05) is 0 Å². The summed E-state index contributed by atoms with van der Waals surface area (Å²) in [6.07, 6.45) is 0.436. The van der Waals surface area contributed by atoms with E-state index in [2.05, 4.69) is 0 Å². The van der Waals surface area contributed by atoms with Crippen LogP contribution < -0.4 is 0 Å². The Balaban J connectivity index is 2.45. The van der Waals surface area contributed by atoms with Crippen molar-refractivity contribution >= 4 is 24.0 Å². The molecule has 5 heteroatoms. The fraction of sp³-hybridized carbons (Fsp3) is 0.800. The molecule has 1 aliphatic heterocycles. The van der Waals surface area contributed by atoms with Gasteiger partial charge in [0.1, 0.15) is 11.9 Å². The fourth-order valence-corrected chi connectivity index (χ4v) is 1.59. The molecular weight excluding hydrogens is 218 g/mol. The highest BCUT2D eigenvalue weighted by atomic mass is 35.5. The second-order valence-corrected chi connectivity index (χ2v) is 5.22. The van der Waals surface area contributed by atoms with Gasteiger partial charge in [-0.05, 0) is 20.8 Å². The highest BCUT2D eigenvalue weighted by molar-refractivity contribution is 6.19. The summed E-state index contributed by atoms with van der Waals surface area (Å²) >= 11 is 5.65. The van der Waals surface area contributed by atoms with Gasteiger partial charge in [-0.25, -0.2) is 4.79 Å². The maximum Gasteiger partial charge on any atom is 0.410 e. The molecule has 1 fully saturated rings. The third-order valence-electron chi connectivity index (χ3n) is 2.18. The molecule has 0 aromatic heterocycles. The van der Waals surface area contributed by atoms with Crippen LogP contribution in [0.3, 0.4) is 0 Å². The number of alkyl halides is 1. The largest absolute Gasteiger partial charge is 0.444 e. The van der Waals surface area contributed by atoms with Gasteiger partial charge in [0.25, 0.3) is 0 Å². The average molecular weight is 234 g/mol. The van der Waals surface area contributed by atoms with E-state index in [4.69, 9.17) is 16.3 Å². The van der Waals surface area contributed by atoms with Crippen LogP contribution in [0.15, 0.2) is 0 Å². The molecule has 0 spiro atoms. The normalized spacial score (nSPS) is 19.3. The number of ether oxygens (including phenoxy) is 1. The predicted octanol–water partition coefficient (Wildman–Crippen LogP) is 1.66. The van der Waals surface area contributed by atoms with Gasteiger partial charge in [0, 0.05) is 19.0 Å². The van der Waals surface area contributed by atoms with Crippen molar-refractivity contribution in [2.24, 2.45) is 5.41 Å². The predicted molar refractivity (Wildman–Crippen MR) is 57.0 cm³/mol. The Hall–Kier alpha value is -0.770. The van der Waals surface area contributed by atoms with Crippen molar-refractivity contribution in [1.82, 2.24) is 4.90 Å². The van der Waals surface area contributed by atoms with E-state index in [0.29, 0.717) is 13.1 Å². The molecule has 1 heterocycles. The Morgan fingerprint density at radius 3 is 2.40 bits per heavy atom. The van der Waals surface area contributed by atoms with Crippen LogP contribution >= 0.6 is 11.6 Å². The molecular formula is C10H16ClNO3. The van der Waals surface area contributed by atoms with Crippen LogP contribution in [0.25, 0.3) is 0 Å². The number of likely N-dealkylation sites (tertiary alicyclic amines) is 1. The van der Waals surface area contributed by atoms with Crippen LogP contribution in [0, 0.1) is 5.41 Å². The molecule has 0 aliphatic carbocycles. The van der Waals surface area contributed by atoms with Crippen LogP contribution in [-0.4, -0.2) is 41.8 Å². The number of aldehydes is 1. The Kier molecular flexibility index (Phi) is 3.28. The zero-order chi connectivity index (χ0) is 11.7. The third-order valence-corrected chi connectivity index (χ3v) is 2.71. The molecule has 1 saturated heterocycles. The first kappa shape index (κ1) is 12.3. The van der Waals surface area contributed by atoms with Crippen molar-refractivity contribution < 1.29 is 14.3 Å². The van der Waals surface area contributed by atoms with Gasteiger partial charge < -0.3 is 14.4 Å². The molecule has 86 valence electrons. The summed E-state index contributed by atoms with van der Waals surface area (Å²) in [6, 6.07) is 0.